The van der Waals surface area contributed by atoms with E-state index < -0.39 is 31.7 Å². The SMILES string of the molecule is Cc1nc(N[C@H](C)c2cccc(C(F)(F)F)c2C)c2cc(C3(O)CCC(O[Si](C)(C)C(C)(C)C)CC3)ccc2n1. The van der Waals surface area contributed by atoms with Crippen LogP contribution in [0.4, 0.5) is 19.0 Å². The van der Waals surface area contributed by atoms with E-state index in [0.29, 0.717) is 35.6 Å². The fraction of sp³-hybridized carbons (Fsp3) is 0.548. The highest BCUT2D eigenvalue weighted by molar-refractivity contribution is 6.74. The number of hydrogen-bond donors (Lipinski definition) is 2. The molecule has 0 unspecified atom stereocenters. The molecular formula is C31H42F3N3O2Si. The summed E-state index contributed by atoms with van der Waals surface area (Å²) in [7, 11) is -1.90. The minimum Gasteiger partial charge on any atom is -0.414 e. The third-order valence-electron chi connectivity index (χ3n) is 8.87. The highest BCUT2D eigenvalue weighted by Gasteiger charge is 2.42. The van der Waals surface area contributed by atoms with Crippen molar-refractivity contribution in [3.8, 4) is 0 Å². The van der Waals surface area contributed by atoms with E-state index in [1.54, 1.807) is 13.0 Å². The van der Waals surface area contributed by atoms with Crippen LogP contribution in [0, 0.1) is 13.8 Å². The zero-order valence-electron chi connectivity index (χ0n) is 24.8. The van der Waals surface area contributed by atoms with Gasteiger partial charge in [0.25, 0.3) is 0 Å². The lowest BCUT2D eigenvalue weighted by molar-refractivity contribution is -0.138. The average molecular weight is 574 g/mol. The molecule has 0 radical (unpaired) electrons. The number of anilines is 1. The number of aliphatic hydroxyl groups is 1. The summed E-state index contributed by atoms with van der Waals surface area (Å²) in [6, 6.07) is 9.55. The molecule has 40 heavy (non-hydrogen) atoms. The molecule has 1 saturated carbocycles. The van der Waals surface area contributed by atoms with Gasteiger partial charge in [-0.25, -0.2) is 9.97 Å². The molecule has 5 nitrogen and oxygen atoms in total. The van der Waals surface area contributed by atoms with E-state index in [0.717, 1.165) is 29.9 Å². The second kappa shape index (κ2) is 10.7. The molecular weight excluding hydrogens is 531 g/mol. The van der Waals surface area contributed by atoms with Crippen LogP contribution >= 0.6 is 0 Å². The number of halogens is 3. The zero-order chi connectivity index (χ0) is 29.7. The Morgan fingerprint density at radius 1 is 1.05 bits per heavy atom. The normalized spacial score (nSPS) is 21.4. The minimum atomic E-state index is -4.42. The highest BCUT2D eigenvalue weighted by Crippen LogP contribution is 2.43. The molecule has 2 aromatic carbocycles. The van der Waals surface area contributed by atoms with Crippen LogP contribution in [0.3, 0.4) is 0 Å². The molecule has 0 amide bonds. The van der Waals surface area contributed by atoms with Gasteiger partial charge < -0.3 is 14.8 Å². The Morgan fingerprint density at radius 3 is 2.30 bits per heavy atom. The monoisotopic (exact) mass is 573 g/mol. The molecule has 1 aromatic heterocycles. The minimum absolute atomic E-state index is 0.129. The van der Waals surface area contributed by atoms with Crippen molar-refractivity contribution in [3.63, 3.8) is 0 Å². The fourth-order valence-corrected chi connectivity index (χ4v) is 6.85. The van der Waals surface area contributed by atoms with Crippen LogP contribution in [0.25, 0.3) is 10.9 Å². The van der Waals surface area contributed by atoms with Crippen LogP contribution in [0.5, 0.6) is 0 Å². The van der Waals surface area contributed by atoms with Gasteiger partial charge in [-0.15, -0.1) is 0 Å². The van der Waals surface area contributed by atoms with Gasteiger partial charge in [0.15, 0.2) is 8.32 Å². The summed E-state index contributed by atoms with van der Waals surface area (Å²) in [6.07, 6.45) is -1.54. The lowest BCUT2D eigenvalue weighted by atomic mass is 9.78. The number of rotatable bonds is 6. The summed E-state index contributed by atoms with van der Waals surface area (Å²) in [5.41, 5.74) is 0.618. The Bertz CT molecular complexity index is 1380. The van der Waals surface area contributed by atoms with E-state index >= 15 is 0 Å². The summed E-state index contributed by atoms with van der Waals surface area (Å²) in [4.78, 5) is 9.18. The van der Waals surface area contributed by atoms with E-state index in [4.69, 9.17) is 4.43 Å². The Hall–Kier alpha value is -2.49. The predicted octanol–water partition coefficient (Wildman–Crippen LogP) is 8.59. The molecule has 218 valence electrons. The first-order valence-corrected chi connectivity index (χ1v) is 16.9. The van der Waals surface area contributed by atoms with Crippen molar-refractivity contribution in [1.29, 1.82) is 0 Å². The first-order chi connectivity index (χ1) is 18.4. The lowest BCUT2D eigenvalue weighted by Gasteiger charge is -2.43. The lowest BCUT2D eigenvalue weighted by Crippen LogP contribution is -2.46. The van der Waals surface area contributed by atoms with Gasteiger partial charge in [0.2, 0.25) is 0 Å². The third kappa shape index (κ3) is 6.21. The van der Waals surface area contributed by atoms with E-state index in [1.807, 2.05) is 25.1 Å². The quantitative estimate of drug-likeness (QED) is 0.289. The molecule has 1 fully saturated rings. The topological polar surface area (TPSA) is 67.3 Å². The van der Waals surface area contributed by atoms with Crippen LogP contribution in [-0.2, 0) is 16.2 Å². The maximum absolute atomic E-state index is 13.5. The number of fused-ring (bicyclic) bond motifs is 1. The van der Waals surface area contributed by atoms with Gasteiger partial charge in [-0.05, 0) is 99.5 Å². The van der Waals surface area contributed by atoms with Gasteiger partial charge in [-0.1, -0.05) is 39.0 Å². The Kier molecular flexibility index (Phi) is 8.17. The maximum Gasteiger partial charge on any atom is 0.416 e. The Labute approximate surface area is 236 Å². The Balaban J connectivity index is 1.60. The van der Waals surface area contributed by atoms with E-state index in [-0.39, 0.29) is 16.7 Å². The van der Waals surface area contributed by atoms with Gasteiger partial charge in [0.1, 0.15) is 11.6 Å². The molecule has 0 spiro atoms. The summed E-state index contributed by atoms with van der Waals surface area (Å²) in [6.45, 7) is 16.3. The Morgan fingerprint density at radius 2 is 1.70 bits per heavy atom. The van der Waals surface area contributed by atoms with E-state index in [2.05, 4.69) is 49.1 Å². The zero-order valence-corrected chi connectivity index (χ0v) is 25.8. The molecule has 2 N–H and O–H groups in total. The van der Waals surface area contributed by atoms with Crippen molar-refractivity contribution < 1.29 is 22.7 Å². The number of benzene rings is 2. The number of hydrogen-bond acceptors (Lipinski definition) is 5. The smallest absolute Gasteiger partial charge is 0.414 e. The van der Waals surface area contributed by atoms with Crippen LogP contribution in [0.15, 0.2) is 36.4 Å². The third-order valence-corrected chi connectivity index (χ3v) is 13.4. The van der Waals surface area contributed by atoms with Crippen LogP contribution < -0.4 is 5.32 Å². The van der Waals surface area contributed by atoms with Crippen molar-refractivity contribution in [2.45, 2.75) is 109 Å². The molecule has 3 aromatic rings. The average Bonchev–Trinajstić information content (AvgIpc) is 2.83. The van der Waals surface area contributed by atoms with Crippen LogP contribution in [0.2, 0.25) is 18.1 Å². The predicted molar refractivity (Wildman–Crippen MR) is 157 cm³/mol. The van der Waals surface area contributed by atoms with Gasteiger partial charge in [0.05, 0.1) is 22.7 Å². The molecule has 1 aliphatic carbocycles. The first kappa shape index (κ1) is 30.5. The largest absolute Gasteiger partial charge is 0.416 e. The number of alkyl halides is 3. The standard InChI is InChI=1S/C31H42F3N3O2Si/c1-19-24(10-9-11-26(19)31(32,33)34)20(2)35-28-25-18-22(12-13-27(25)36-21(3)37-28)30(38)16-14-23(15-17-30)39-40(7,8)29(4,5)6/h9-13,18,20,23,38H,14-17H2,1-8H3,(H,35,36,37)/t20-,23?,30?/m1/s1. The molecule has 0 saturated heterocycles. The van der Waals surface area contributed by atoms with E-state index in [9.17, 15) is 18.3 Å². The summed E-state index contributed by atoms with van der Waals surface area (Å²) < 4.78 is 47.2. The summed E-state index contributed by atoms with van der Waals surface area (Å²) >= 11 is 0. The van der Waals surface area contributed by atoms with Crippen molar-refractivity contribution in [2.24, 2.45) is 0 Å². The van der Waals surface area contributed by atoms with Crippen molar-refractivity contribution >= 4 is 25.0 Å². The van der Waals surface area contributed by atoms with E-state index in [1.165, 1.54) is 13.0 Å². The molecule has 1 atom stereocenters. The summed E-state index contributed by atoms with van der Waals surface area (Å²) in [5.74, 6) is 1.09. The summed E-state index contributed by atoms with van der Waals surface area (Å²) in [5, 5.41) is 15.9. The number of nitrogens with zero attached hydrogens (tertiary/aromatic N) is 2. The van der Waals surface area contributed by atoms with Gasteiger partial charge in [0, 0.05) is 11.5 Å². The van der Waals surface area contributed by atoms with Crippen molar-refractivity contribution in [1.82, 2.24) is 9.97 Å². The number of aryl methyl sites for hydroxylation is 1. The first-order valence-electron chi connectivity index (χ1n) is 14.0. The fourth-order valence-electron chi connectivity index (χ4n) is 5.43. The van der Waals surface area contributed by atoms with Crippen LogP contribution in [-0.4, -0.2) is 29.5 Å². The van der Waals surface area contributed by atoms with Gasteiger partial charge in [-0.2, -0.15) is 13.2 Å². The molecule has 4 rings (SSSR count). The number of nitrogens with one attached hydrogen (secondary N) is 1. The van der Waals surface area contributed by atoms with Gasteiger partial charge in [-0.3, -0.25) is 0 Å². The molecule has 1 aliphatic rings. The maximum atomic E-state index is 13.5. The second-order valence-electron chi connectivity index (χ2n) is 12.8. The molecule has 9 heteroatoms. The molecule has 0 aliphatic heterocycles. The molecule has 0 bridgehead atoms. The van der Waals surface area contributed by atoms with Crippen molar-refractivity contribution in [2.75, 3.05) is 5.32 Å². The van der Waals surface area contributed by atoms with Crippen LogP contribution in [0.1, 0.15) is 87.5 Å². The van der Waals surface area contributed by atoms with Gasteiger partial charge >= 0.3 is 6.18 Å². The number of aromatic nitrogens is 2. The van der Waals surface area contributed by atoms with Crippen molar-refractivity contribution in [3.05, 3.63) is 64.5 Å². The molecule has 1 heterocycles. The second-order valence-corrected chi connectivity index (χ2v) is 17.6. The highest BCUT2D eigenvalue weighted by atomic mass is 28.4.